The Kier molecular flexibility index (Phi) is 5.09. The number of imidazole rings is 1. The molecule has 0 fully saturated rings. The number of nitrogens with one attached hydrogen (secondary N) is 2. The minimum atomic E-state index is -4.10. The molecule has 2 aromatic heterocycles. The SMILES string of the molecule is O=S(=O)(Nc1nnc(-c2ccccc2-c2nc3ccccc3[nH]2)o1)c1cc(Cl)ccc1Cl. The predicted octanol–water partition coefficient (Wildman–Crippen LogP) is 5.39. The highest BCUT2D eigenvalue weighted by atomic mass is 35.5. The van der Waals surface area contributed by atoms with Crippen LogP contribution in [0.2, 0.25) is 10.0 Å². The number of anilines is 1. The van der Waals surface area contributed by atoms with Crippen molar-refractivity contribution in [2.24, 2.45) is 0 Å². The fourth-order valence-electron chi connectivity index (χ4n) is 3.18. The summed E-state index contributed by atoms with van der Waals surface area (Å²) in [5.41, 5.74) is 3.01. The smallest absolute Gasteiger partial charge is 0.330 e. The van der Waals surface area contributed by atoms with Crippen molar-refractivity contribution in [3.05, 3.63) is 76.8 Å². The van der Waals surface area contributed by atoms with Gasteiger partial charge in [-0.3, -0.25) is 0 Å². The van der Waals surface area contributed by atoms with Crippen molar-refractivity contribution in [2.75, 3.05) is 4.72 Å². The van der Waals surface area contributed by atoms with E-state index in [0.717, 1.165) is 16.6 Å². The average molecular weight is 486 g/mol. The number of halogens is 2. The number of rotatable bonds is 5. The number of hydrogen-bond acceptors (Lipinski definition) is 6. The molecule has 0 radical (unpaired) electrons. The minimum Gasteiger partial charge on any atom is -0.403 e. The summed E-state index contributed by atoms with van der Waals surface area (Å²) in [4.78, 5) is 7.67. The molecule has 160 valence electrons. The first-order valence-corrected chi connectivity index (χ1v) is 11.5. The topological polar surface area (TPSA) is 114 Å². The van der Waals surface area contributed by atoms with Gasteiger partial charge in [-0.2, -0.15) is 0 Å². The number of hydrogen-bond donors (Lipinski definition) is 2. The van der Waals surface area contributed by atoms with Gasteiger partial charge in [0.25, 0.3) is 15.9 Å². The molecule has 3 aromatic carbocycles. The Bertz CT molecular complexity index is 1530. The molecule has 0 spiro atoms. The molecular formula is C21H13Cl2N5O3S. The normalized spacial score (nSPS) is 11.7. The maximum absolute atomic E-state index is 12.7. The van der Waals surface area contributed by atoms with E-state index < -0.39 is 10.0 Å². The molecule has 0 aliphatic rings. The van der Waals surface area contributed by atoms with Gasteiger partial charge in [0.1, 0.15) is 10.7 Å². The number of nitrogens with zero attached hydrogens (tertiary/aromatic N) is 3. The van der Waals surface area contributed by atoms with Crippen molar-refractivity contribution in [1.82, 2.24) is 20.2 Å². The molecule has 2 heterocycles. The average Bonchev–Trinajstić information content (AvgIpc) is 3.42. The zero-order valence-corrected chi connectivity index (χ0v) is 18.4. The molecular weight excluding hydrogens is 473 g/mol. The van der Waals surface area contributed by atoms with Gasteiger partial charge in [-0.25, -0.2) is 18.1 Å². The fourth-order valence-corrected chi connectivity index (χ4v) is 4.87. The van der Waals surface area contributed by atoms with Gasteiger partial charge in [-0.15, -0.1) is 5.10 Å². The lowest BCUT2D eigenvalue weighted by Gasteiger charge is -2.06. The largest absolute Gasteiger partial charge is 0.403 e. The summed E-state index contributed by atoms with van der Waals surface area (Å²) in [6.07, 6.45) is 0. The first kappa shape index (κ1) is 20.5. The first-order valence-electron chi connectivity index (χ1n) is 9.26. The fraction of sp³-hybridized carbons (Fsp3) is 0. The summed E-state index contributed by atoms with van der Waals surface area (Å²) >= 11 is 11.9. The van der Waals surface area contributed by atoms with Crippen molar-refractivity contribution >= 4 is 50.3 Å². The summed E-state index contributed by atoms with van der Waals surface area (Å²) in [5.74, 6) is 0.740. The lowest BCUT2D eigenvalue weighted by atomic mass is 10.1. The maximum atomic E-state index is 12.7. The monoisotopic (exact) mass is 485 g/mol. The van der Waals surface area contributed by atoms with Gasteiger partial charge in [0.2, 0.25) is 0 Å². The van der Waals surface area contributed by atoms with Crippen LogP contribution in [0.5, 0.6) is 0 Å². The Balaban J connectivity index is 1.50. The Hall–Kier alpha value is -3.40. The van der Waals surface area contributed by atoms with Crippen molar-refractivity contribution in [2.45, 2.75) is 4.90 Å². The van der Waals surface area contributed by atoms with Crippen LogP contribution in [-0.4, -0.2) is 28.6 Å². The molecule has 5 aromatic rings. The van der Waals surface area contributed by atoms with Crippen LogP contribution in [0, 0.1) is 0 Å². The van der Waals surface area contributed by atoms with Crippen LogP contribution in [0.25, 0.3) is 33.9 Å². The molecule has 5 rings (SSSR count). The molecule has 0 saturated carbocycles. The molecule has 0 aliphatic carbocycles. The second-order valence-electron chi connectivity index (χ2n) is 6.74. The summed E-state index contributed by atoms with van der Waals surface area (Å²) in [6.45, 7) is 0. The Labute approximate surface area is 192 Å². The van der Waals surface area contributed by atoms with Crippen molar-refractivity contribution in [3.63, 3.8) is 0 Å². The molecule has 0 saturated heterocycles. The number of aromatic nitrogens is 4. The van der Waals surface area contributed by atoms with Crippen molar-refractivity contribution in [3.8, 4) is 22.8 Å². The van der Waals surface area contributed by atoms with Crippen LogP contribution in [0.3, 0.4) is 0 Å². The zero-order chi connectivity index (χ0) is 22.3. The van der Waals surface area contributed by atoms with Gasteiger partial charge in [-0.05, 0) is 36.4 Å². The van der Waals surface area contributed by atoms with E-state index >= 15 is 0 Å². The lowest BCUT2D eigenvalue weighted by Crippen LogP contribution is -2.13. The molecule has 2 N–H and O–H groups in total. The number of aromatic amines is 1. The van der Waals surface area contributed by atoms with Crippen LogP contribution in [0.15, 0.2) is 76.0 Å². The van der Waals surface area contributed by atoms with E-state index in [0.29, 0.717) is 11.4 Å². The van der Waals surface area contributed by atoms with Crippen LogP contribution in [0.1, 0.15) is 0 Å². The molecule has 0 bridgehead atoms. The van der Waals surface area contributed by atoms with Crippen LogP contribution < -0.4 is 4.72 Å². The summed E-state index contributed by atoms with van der Waals surface area (Å²) in [6, 6.07) is 18.7. The number of H-pyrrole nitrogens is 1. The van der Waals surface area contributed by atoms with Gasteiger partial charge >= 0.3 is 6.01 Å². The van der Waals surface area contributed by atoms with E-state index in [-0.39, 0.29) is 26.8 Å². The van der Waals surface area contributed by atoms with E-state index in [4.69, 9.17) is 27.6 Å². The van der Waals surface area contributed by atoms with Gasteiger partial charge in [0, 0.05) is 16.1 Å². The molecule has 0 aliphatic heterocycles. The number of para-hydroxylation sites is 2. The molecule has 11 heteroatoms. The van der Waals surface area contributed by atoms with Crippen molar-refractivity contribution < 1.29 is 12.8 Å². The Morgan fingerprint density at radius 3 is 2.47 bits per heavy atom. The Morgan fingerprint density at radius 1 is 0.906 bits per heavy atom. The summed E-state index contributed by atoms with van der Waals surface area (Å²) in [7, 11) is -4.10. The maximum Gasteiger partial charge on any atom is 0.330 e. The summed E-state index contributed by atoms with van der Waals surface area (Å²) in [5, 5.41) is 8.05. The van der Waals surface area contributed by atoms with Crippen LogP contribution in [-0.2, 0) is 10.0 Å². The second kappa shape index (κ2) is 7.94. The predicted molar refractivity (Wildman–Crippen MR) is 122 cm³/mol. The van der Waals surface area contributed by atoms with Gasteiger partial charge in [0.05, 0.1) is 16.1 Å². The number of fused-ring (bicyclic) bond motifs is 1. The molecule has 0 amide bonds. The lowest BCUT2D eigenvalue weighted by molar-refractivity contribution is 0.577. The highest BCUT2D eigenvalue weighted by Crippen LogP contribution is 2.32. The highest BCUT2D eigenvalue weighted by molar-refractivity contribution is 7.92. The molecule has 32 heavy (non-hydrogen) atoms. The summed E-state index contributed by atoms with van der Waals surface area (Å²) < 4.78 is 33.3. The van der Waals surface area contributed by atoms with Crippen LogP contribution >= 0.6 is 23.2 Å². The molecule has 8 nitrogen and oxygen atoms in total. The molecule has 0 unspecified atom stereocenters. The van der Waals surface area contributed by atoms with Crippen molar-refractivity contribution in [1.29, 1.82) is 0 Å². The van der Waals surface area contributed by atoms with Crippen LogP contribution in [0.4, 0.5) is 6.01 Å². The standard InChI is InChI=1S/C21H13Cl2N5O3S/c22-12-9-10-15(23)18(11-12)32(29,30)28-21-27-26-20(31-21)14-6-2-1-5-13(14)19-24-16-7-3-4-8-17(16)25-19/h1-11H,(H,24,25)(H,27,28). The minimum absolute atomic E-state index is 0.0110. The quantitative estimate of drug-likeness (QED) is 0.345. The van der Waals surface area contributed by atoms with E-state index in [9.17, 15) is 8.42 Å². The van der Waals surface area contributed by atoms with E-state index in [2.05, 4.69) is 24.9 Å². The van der Waals surface area contributed by atoms with E-state index in [1.165, 1.54) is 18.2 Å². The third-order valence-electron chi connectivity index (χ3n) is 4.63. The van der Waals surface area contributed by atoms with Gasteiger partial charge in [0.15, 0.2) is 0 Å². The molecule has 0 atom stereocenters. The Morgan fingerprint density at radius 2 is 1.66 bits per heavy atom. The van der Waals surface area contributed by atoms with Gasteiger partial charge in [-0.1, -0.05) is 58.6 Å². The third kappa shape index (κ3) is 3.81. The number of benzene rings is 3. The number of sulfonamides is 1. The third-order valence-corrected chi connectivity index (χ3v) is 6.67. The highest BCUT2D eigenvalue weighted by Gasteiger charge is 2.23. The second-order valence-corrected chi connectivity index (χ2v) is 9.24. The zero-order valence-electron chi connectivity index (χ0n) is 16.1. The van der Waals surface area contributed by atoms with E-state index in [1.54, 1.807) is 12.1 Å². The van der Waals surface area contributed by atoms with Gasteiger partial charge < -0.3 is 9.40 Å². The van der Waals surface area contributed by atoms with E-state index in [1.807, 2.05) is 36.4 Å². The first-order chi connectivity index (χ1) is 15.4.